The number of rotatable bonds is 4. The molecule has 0 bridgehead atoms. The van der Waals surface area contributed by atoms with Crippen molar-refractivity contribution in [2.24, 2.45) is 0 Å². The number of piperidine rings is 1. The second-order valence-electron chi connectivity index (χ2n) is 8.52. The Morgan fingerprint density at radius 2 is 1.36 bits per heavy atom. The number of ether oxygens (including phenoxy) is 5. The molecule has 0 aliphatic carbocycles. The van der Waals surface area contributed by atoms with Gasteiger partial charge in [-0.25, -0.2) is 4.79 Å². The van der Waals surface area contributed by atoms with Gasteiger partial charge in [-0.05, 0) is 60.7 Å². The molecule has 0 N–H and O–H groups in total. The predicted molar refractivity (Wildman–Crippen MR) is 119 cm³/mol. The number of ketones is 1. The highest BCUT2D eigenvalue weighted by Gasteiger charge is 2.47. The molecule has 11 heteroatoms. The number of carbonyl (C=O) groups is 2. The van der Waals surface area contributed by atoms with Gasteiger partial charge in [0.25, 0.3) is 6.10 Å². The molecule has 8 nitrogen and oxygen atoms in total. The number of carbonyl (C=O) groups excluding carboxylic acids is 2. The van der Waals surface area contributed by atoms with Gasteiger partial charge in [-0.1, -0.05) is 17.7 Å². The Morgan fingerprint density at radius 1 is 0.861 bits per heavy atom. The van der Waals surface area contributed by atoms with Crippen LogP contribution in [-0.2, 0) is 9.53 Å². The van der Waals surface area contributed by atoms with Crippen LogP contribution in [0.15, 0.2) is 42.0 Å². The molecule has 0 spiro atoms. The van der Waals surface area contributed by atoms with Crippen molar-refractivity contribution in [3.63, 3.8) is 0 Å². The van der Waals surface area contributed by atoms with Crippen molar-refractivity contribution >= 4 is 17.4 Å². The summed E-state index contributed by atoms with van der Waals surface area (Å²) in [5, 5.41) is 0. The number of likely N-dealkylation sites (tertiary alicyclic amines) is 1. The van der Waals surface area contributed by atoms with Crippen LogP contribution in [0.5, 0.6) is 23.0 Å². The van der Waals surface area contributed by atoms with Gasteiger partial charge in [0.05, 0.1) is 0 Å². The van der Waals surface area contributed by atoms with E-state index in [2.05, 4.69) is 4.74 Å². The van der Waals surface area contributed by atoms with Crippen molar-refractivity contribution < 1.29 is 46.4 Å². The highest BCUT2D eigenvalue weighted by atomic mass is 19.4. The number of hydrogen-bond acceptors (Lipinski definition) is 7. The molecule has 2 aromatic carbocycles. The van der Waals surface area contributed by atoms with Crippen LogP contribution < -0.4 is 18.9 Å². The lowest BCUT2D eigenvalue weighted by atomic mass is 9.88. The van der Waals surface area contributed by atoms with E-state index in [-0.39, 0.29) is 26.7 Å². The molecular weight excluding hydrogens is 483 g/mol. The summed E-state index contributed by atoms with van der Waals surface area (Å²) < 4.78 is 65.6. The Balaban J connectivity index is 1.42. The standard InChI is InChI=1S/C25H22F3NO7/c1-14(30)23(25(26,27)28)36-24(31)29-8-6-15(7-9-29)22(16-2-4-18-20(10-16)34-12-32-18)17-3-5-19-21(11-17)35-13-33-19/h2-5,10-11,23H,6-9,12-13H2,1H3. The van der Waals surface area contributed by atoms with Crippen molar-refractivity contribution in [1.82, 2.24) is 4.90 Å². The van der Waals surface area contributed by atoms with Crippen molar-refractivity contribution in [2.45, 2.75) is 32.0 Å². The molecule has 3 aliphatic rings. The van der Waals surface area contributed by atoms with Crippen LogP contribution in [0.1, 0.15) is 30.9 Å². The molecule has 0 saturated carbocycles. The minimum absolute atomic E-state index is 0.130. The van der Waals surface area contributed by atoms with Gasteiger partial charge in [0, 0.05) is 13.1 Å². The third-order valence-electron chi connectivity index (χ3n) is 6.19. The molecule has 1 unspecified atom stereocenters. The van der Waals surface area contributed by atoms with E-state index in [1.54, 1.807) is 0 Å². The van der Waals surface area contributed by atoms with E-state index in [0.717, 1.165) is 29.2 Å². The topological polar surface area (TPSA) is 83.5 Å². The van der Waals surface area contributed by atoms with Gasteiger partial charge in [0.15, 0.2) is 28.8 Å². The second kappa shape index (κ2) is 9.29. The first-order valence-corrected chi connectivity index (χ1v) is 11.3. The fourth-order valence-electron chi connectivity index (χ4n) is 4.44. The summed E-state index contributed by atoms with van der Waals surface area (Å²) in [6.45, 7) is 1.27. The summed E-state index contributed by atoms with van der Waals surface area (Å²) >= 11 is 0. The predicted octanol–water partition coefficient (Wildman–Crippen LogP) is 4.70. The average molecular weight is 505 g/mol. The van der Waals surface area contributed by atoms with E-state index in [1.807, 2.05) is 36.4 Å². The number of halogens is 3. The zero-order valence-corrected chi connectivity index (χ0v) is 19.2. The van der Waals surface area contributed by atoms with Crippen molar-refractivity contribution in [3.05, 3.63) is 53.1 Å². The van der Waals surface area contributed by atoms with Crippen LogP contribution >= 0.6 is 0 Å². The van der Waals surface area contributed by atoms with Gasteiger partial charge in [-0.3, -0.25) is 4.79 Å². The molecule has 1 saturated heterocycles. The van der Waals surface area contributed by atoms with Crippen LogP contribution in [0, 0.1) is 0 Å². The quantitative estimate of drug-likeness (QED) is 0.596. The van der Waals surface area contributed by atoms with Gasteiger partial charge in [-0.15, -0.1) is 0 Å². The Morgan fingerprint density at radius 3 is 1.83 bits per heavy atom. The maximum absolute atomic E-state index is 13.1. The number of hydrogen-bond donors (Lipinski definition) is 0. The van der Waals surface area contributed by atoms with E-state index < -0.39 is 24.2 Å². The lowest BCUT2D eigenvalue weighted by Crippen LogP contribution is -2.45. The molecular formula is C25H22F3NO7. The molecule has 3 heterocycles. The summed E-state index contributed by atoms with van der Waals surface area (Å²) in [7, 11) is 0. The summed E-state index contributed by atoms with van der Waals surface area (Å²) in [6.07, 6.45) is -8.12. The maximum atomic E-state index is 13.1. The molecule has 3 aliphatic heterocycles. The Kier molecular flexibility index (Phi) is 6.15. The largest absolute Gasteiger partial charge is 0.454 e. The average Bonchev–Trinajstić information content (AvgIpc) is 3.51. The van der Waals surface area contributed by atoms with Gasteiger partial charge >= 0.3 is 12.3 Å². The van der Waals surface area contributed by atoms with Crippen molar-refractivity contribution in [2.75, 3.05) is 26.7 Å². The highest BCUT2D eigenvalue weighted by Crippen LogP contribution is 2.42. The molecule has 2 aromatic rings. The summed E-state index contributed by atoms with van der Waals surface area (Å²) in [6, 6.07) is 11.2. The normalized spacial score (nSPS) is 17.1. The molecule has 5 rings (SSSR count). The van der Waals surface area contributed by atoms with Gasteiger partial charge in [0.2, 0.25) is 13.6 Å². The van der Waals surface area contributed by atoms with Crippen molar-refractivity contribution in [1.29, 1.82) is 0 Å². The Bertz CT molecular complexity index is 1170. The van der Waals surface area contributed by atoms with E-state index >= 15 is 0 Å². The SMILES string of the molecule is CC(=O)C(OC(=O)N1CCC(=C(c2ccc3c(c2)OCO3)c2ccc3c(c2)OCO3)CC1)C(F)(F)F. The zero-order chi connectivity index (χ0) is 25.4. The zero-order valence-electron chi connectivity index (χ0n) is 19.2. The minimum atomic E-state index is -4.96. The van der Waals surface area contributed by atoms with Crippen LogP contribution in [0.2, 0.25) is 0 Å². The molecule has 0 radical (unpaired) electrons. The van der Waals surface area contributed by atoms with E-state index in [9.17, 15) is 22.8 Å². The minimum Gasteiger partial charge on any atom is -0.454 e. The van der Waals surface area contributed by atoms with E-state index in [0.29, 0.717) is 35.8 Å². The Hall–Kier alpha value is -3.89. The Labute approximate surface area is 204 Å². The van der Waals surface area contributed by atoms with E-state index in [4.69, 9.17) is 18.9 Å². The van der Waals surface area contributed by atoms with Crippen molar-refractivity contribution in [3.8, 4) is 23.0 Å². The molecule has 1 amide bonds. The number of alkyl halides is 3. The second-order valence-corrected chi connectivity index (χ2v) is 8.52. The third-order valence-corrected chi connectivity index (χ3v) is 6.19. The highest BCUT2D eigenvalue weighted by molar-refractivity contribution is 5.85. The monoisotopic (exact) mass is 505 g/mol. The number of benzene rings is 2. The molecule has 36 heavy (non-hydrogen) atoms. The van der Waals surface area contributed by atoms with Gasteiger partial charge in [0.1, 0.15) is 0 Å². The molecule has 0 aromatic heterocycles. The number of Topliss-reactive ketones (excluding diaryl/α,β-unsaturated/α-hetero) is 1. The fraction of sp³-hybridized carbons (Fsp3) is 0.360. The lowest BCUT2D eigenvalue weighted by molar-refractivity contribution is -0.204. The van der Waals surface area contributed by atoms with Crippen LogP contribution in [-0.4, -0.2) is 55.7 Å². The van der Waals surface area contributed by atoms with Crippen LogP contribution in [0.4, 0.5) is 18.0 Å². The van der Waals surface area contributed by atoms with Gasteiger partial charge in [-0.2, -0.15) is 13.2 Å². The molecule has 1 fully saturated rings. The van der Waals surface area contributed by atoms with Crippen LogP contribution in [0.25, 0.3) is 5.57 Å². The maximum Gasteiger partial charge on any atom is 0.432 e. The van der Waals surface area contributed by atoms with Crippen LogP contribution in [0.3, 0.4) is 0 Å². The van der Waals surface area contributed by atoms with E-state index in [1.165, 1.54) is 4.90 Å². The fourth-order valence-corrected chi connectivity index (χ4v) is 4.44. The summed E-state index contributed by atoms with van der Waals surface area (Å²) in [5.41, 5.74) is 3.61. The molecule has 190 valence electrons. The first-order valence-electron chi connectivity index (χ1n) is 11.3. The molecule has 1 atom stereocenters. The summed E-state index contributed by atoms with van der Waals surface area (Å²) in [5.74, 6) is 1.21. The summed E-state index contributed by atoms with van der Waals surface area (Å²) in [4.78, 5) is 25.0. The van der Waals surface area contributed by atoms with Gasteiger partial charge < -0.3 is 28.6 Å². The lowest BCUT2D eigenvalue weighted by Gasteiger charge is -2.31. The first kappa shape index (κ1) is 23.8. The smallest absolute Gasteiger partial charge is 0.432 e. The first-order chi connectivity index (χ1) is 17.2. The number of nitrogens with zero attached hydrogens (tertiary/aromatic N) is 1. The third kappa shape index (κ3) is 4.65. The number of amides is 1. The number of fused-ring (bicyclic) bond motifs is 2.